The van der Waals surface area contributed by atoms with Gasteiger partial charge in [-0.05, 0) is 29.8 Å². The minimum Gasteiger partial charge on any atom is -0.305 e. The molecule has 0 bridgehead atoms. The smallest absolute Gasteiger partial charge is 0.262 e. The van der Waals surface area contributed by atoms with E-state index in [1.165, 1.54) is 23.9 Å². The summed E-state index contributed by atoms with van der Waals surface area (Å²) in [5.74, 6) is 0.437. The number of fused-ring (bicyclic) bond motifs is 2. The van der Waals surface area contributed by atoms with E-state index in [0.29, 0.717) is 17.1 Å². The maximum absolute atomic E-state index is 13.8. The Morgan fingerprint density at radius 1 is 1.30 bits per heavy atom. The van der Waals surface area contributed by atoms with Crippen LogP contribution in [0.4, 0.5) is 10.1 Å². The first-order valence-electron chi connectivity index (χ1n) is 7.36. The highest BCUT2D eigenvalue weighted by Gasteiger charge is 2.53. The van der Waals surface area contributed by atoms with Crippen LogP contribution < -0.4 is 10.2 Å². The van der Waals surface area contributed by atoms with E-state index in [4.69, 9.17) is 11.6 Å². The number of halogens is 2. The Kier molecular flexibility index (Phi) is 3.59. The van der Waals surface area contributed by atoms with Crippen LogP contribution in [0, 0.1) is 5.82 Å². The molecule has 23 heavy (non-hydrogen) atoms. The van der Waals surface area contributed by atoms with E-state index < -0.39 is 4.87 Å². The Labute approximate surface area is 142 Å². The van der Waals surface area contributed by atoms with Crippen LogP contribution in [0.3, 0.4) is 0 Å². The predicted octanol–water partition coefficient (Wildman–Crippen LogP) is 3.52. The summed E-state index contributed by atoms with van der Waals surface area (Å²) in [7, 11) is 0. The number of nitrogens with zero attached hydrogens (tertiary/aromatic N) is 1. The lowest BCUT2D eigenvalue weighted by atomic mass is 10.1. The predicted molar refractivity (Wildman–Crippen MR) is 91.2 cm³/mol. The molecule has 2 aliphatic heterocycles. The van der Waals surface area contributed by atoms with Crippen molar-refractivity contribution in [2.45, 2.75) is 11.4 Å². The first-order chi connectivity index (χ1) is 11.1. The Bertz CT molecular complexity index is 792. The van der Waals surface area contributed by atoms with Gasteiger partial charge in [-0.2, -0.15) is 0 Å². The average molecular weight is 349 g/mol. The summed E-state index contributed by atoms with van der Waals surface area (Å²) in [6, 6.07) is 12.0. The summed E-state index contributed by atoms with van der Waals surface area (Å²) < 4.78 is 13.8. The van der Waals surface area contributed by atoms with Gasteiger partial charge in [0.15, 0.2) is 4.87 Å². The largest absolute Gasteiger partial charge is 0.305 e. The molecule has 2 aromatic carbocycles. The van der Waals surface area contributed by atoms with Crippen molar-refractivity contribution < 1.29 is 9.18 Å². The number of amides is 1. The van der Waals surface area contributed by atoms with Crippen LogP contribution in [0.15, 0.2) is 42.5 Å². The third kappa shape index (κ3) is 2.26. The van der Waals surface area contributed by atoms with Gasteiger partial charge in [0.1, 0.15) is 5.82 Å². The molecule has 0 aromatic heterocycles. The number of hydrogen-bond donors (Lipinski definition) is 1. The van der Waals surface area contributed by atoms with Crippen molar-refractivity contribution in [2.75, 3.05) is 17.2 Å². The Morgan fingerprint density at radius 2 is 2.13 bits per heavy atom. The maximum Gasteiger partial charge on any atom is 0.262 e. The number of nitrogens with one attached hydrogen (secondary N) is 1. The number of hydrogen-bond acceptors (Lipinski definition) is 3. The van der Waals surface area contributed by atoms with E-state index in [-0.39, 0.29) is 11.7 Å². The second-order valence-electron chi connectivity index (χ2n) is 5.60. The molecule has 2 aromatic rings. The molecule has 1 fully saturated rings. The Balaban J connectivity index is 1.80. The minimum absolute atomic E-state index is 0.0551. The third-order valence-electron chi connectivity index (χ3n) is 4.26. The van der Waals surface area contributed by atoms with Crippen molar-refractivity contribution in [3.05, 3.63) is 64.4 Å². The summed E-state index contributed by atoms with van der Waals surface area (Å²) >= 11 is 7.76. The van der Waals surface area contributed by atoms with Crippen molar-refractivity contribution >= 4 is 35.0 Å². The first-order valence-corrected chi connectivity index (χ1v) is 8.72. The number of carbonyl (C=O) groups is 1. The molecule has 4 rings (SSSR count). The highest BCUT2D eigenvalue weighted by Crippen LogP contribution is 2.49. The lowest BCUT2D eigenvalue weighted by molar-refractivity contribution is -0.121. The van der Waals surface area contributed by atoms with Crippen LogP contribution in [0.5, 0.6) is 0 Å². The van der Waals surface area contributed by atoms with Gasteiger partial charge in [0.25, 0.3) is 5.91 Å². The molecule has 0 saturated carbocycles. The first kappa shape index (κ1) is 15.0. The zero-order valence-corrected chi connectivity index (χ0v) is 13.8. The molecule has 2 heterocycles. The second-order valence-corrected chi connectivity index (χ2v) is 7.32. The quantitative estimate of drug-likeness (QED) is 0.901. The average Bonchev–Trinajstić information content (AvgIpc) is 3.11. The third-order valence-corrected chi connectivity index (χ3v) is 6.00. The molecular weight excluding hydrogens is 335 g/mol. The lowest BCUT2D eigenvalue weighted by Gasteiger charge is -2.23. The van der Waals surface area contributed by atoms with Crippen molar-refractivity contribution in [1.29, 1.82) is 0 Å². The normalized spacial score (nSPS) is 22.9. The van der Waals surface area contributed by atoms with Crippen LogP contribution in [0.25, 0.3) is 0 Å². The molecule has 1 N–H and O–H groups in total. The maximum atomic E-state index is 13.8. The minimum atomic E-state index is -0.862. The van der Waals surface area contributed by atoms with Gasteiger partial charge in [-0.1, -0.05) is 29.8 Å². The monoisotopic (exact) mass is 348 g/mol. The standard InChI is InChI=1S/C17H14ClFN2OS/c18-14-4-2-1-3-11(14)10-21-15-6-5-12(19)9-13(15)17(16(21)22)20-7-8-23-17/h1-6,9,20H,7-8,10H2. The number of thioether (sulfide) groups is 1. The van der Waals surface area contributed by atoms with Gasteiger partial charge < -0.3 is 4.90 Å². The molecular formula is C17H14ClFN2OS. The molecule has 6 heteroatoms. The lowest BCUT2D eigenvalue weighted by Crippen LogP contribution is -2.44. The summed E-state index contributed by atoms with van der Waals surface area (Å²) in [4.78, 5) is 13.9. The van der Waals surface area contributed by atoms with Gasteiger partial charge in [-0.15, -0.1) is 11.8 Å². The molecule has 0 radical (unpaired) electrons. The van der Waals surface area contributed by atoms with Crippen LogP contribution in [-0.2, 0) is 16.2 Å². The van der Waals surface area contributed by atoms with E-state index in [2.05, 4.69) is 5.32 Å². The number of carbonyl (C=O) groups excluding carboxylic acids is 1. The highest BCUT2D eigenvalue weighted by atomic mass is 35.5. The summed E-state index contributed by atoms with van der Waals surface area (Å²) in [6.07, 6.45) is 0. The molecule has 2 aliphatic rings. The van der Waals surface area contributed by atoms with Crippen molar-refractivity contribution in [2.24, 2.45) is 0 Å². The molecule has 1 atom stereocenters. The fraction of sp³-hybridized carbons (Fsp3) is 0.235. The topological polar surface area (TPSA) is 32.3 Å². The van der Waals surface area contributed by atoms with E-state index in [1.54, 1.807) is 17.0 Å². The SMILES string of the molecule is O=C1N(Cc2ccccc2Cl)c2ccc(F)cc2C12NCCS2. The molecule has 118 valence electrons. The van der Waals surface area contributed by atoms with E-state index >= 15 is 0 Å². The van der Waals surface area contributed by atoms with Crippen LogP contribution >= 0.6 is 23.4 Å². The van der Waals surface area contributed by atoms with Gasteiger partial charge in [0.2, 0.25) is 0 Å². The highest BCUT2D eigenvalue weighted by molar-refractivity contribution is 8.01. The van der Waals surface area contributed by atoms with E-state index in [9.17, 15) is 9.18 Å². The fourth-order valence-corrected chi connectivity index (χ4v) is 4.65. The number of anilines is 1. The van der Waals surface area contributed by atoms with Gasteiger partial charge in [-0.25, -0.2) is 4.39 Å². The molecule has 1 saturated heterocycles. The Hall–Kier alpha value is -1.56. The molecule has 3 nitrogen and oxygen atoms in total. The van der Waals surface area contributed by atoms with Crippen molar-refractivity contribution in [1.82, 2.24) is 5.32 Å². The fourth-order valence-electron chi connectivity index (χ4n) is 3.19. The van der Waals surface area contributed by atoms with Gasteiger partial charge in [0, 0.05) is 22.9 Å². The zero-order valence-electron chi connectivity index (χ0n) is 12.2. The van der Waals surface area contributed by atoms with Gasteiger partial charge in [-0.3, -0.25) is 10.1 Å². The molecule has 1 spiro atoms. The van der Waals surface area contributed by atoms with Crippen LogP contribution in [0.2, 0.25) is 5.02 Å². The Morgan fingerprint density at radius 3 is 2.87 bits per heavy atom. The number of benzene rings is 2. The molecule has 1 amide bonds. The molecule has 0 aliphatic carbocycles. The summed E-state index contributed by atoms with van der Waals surface area (Å²) in [5.41, 5.74) is 2.33. The summed E-state index contributed by atoms with van der Waals surface area (Å²) in [5, 5.41) is 3.89. The number of rotatable bonds is 2. The van der Waals surface area contributed by atoms with Crippen molar-refractivity contribution in [3.8, 4) is 0 Å². The molecule has 1 unspecified atom stereocenters. The van der Waals surface area contributed by atoms with Crippen LogP contribution in [-0.4, -0.2) is 18.2 Å². The van der Waals surface area contributed by atoms with Gasteiger partial charge in [0.05, 0.1) is 12.2 Å². The van der Waals surface area contributed by atoms with Gasteiger partial charge >= 0.3 is 0 Å². The zero-order chi connectivity index (χ0) is 16.0. The van der Waals surface area contributed by atoms with E-state index in [1.807, 2.05) is 18.2 Å². The summed E-state index contributed by atoms with van der Waals surface area (Å²) in [6.45, 7) is 1.10. The van der Waals surface area contributed by atoms with E-state index in [0.717, 1.165) is 23.5 Å². The van der Waals surface area contributed by atoms with Crippen LogP contribution in [0.1, 0.15) is 11.1 Å². The second kappa shape index (κ2) is 5.51. The van der Waals surface area contributed by atoms with Crippen molar-refractivity contribution in [3.63, 3.8) is 0 Å².